The van der Waals surface area contributed by atoms with Crippen molar-refractivity contribution in [2.75, 3.05) is 26.2 Å². The fourth-order valence-electron chi connectivity index (χ4n) is 3.05. The summed E-state index contributed by atoms with van der Waals surface area (Å²) in [6, 6.07) is 0.503. The molecule has 0 aromatic heterocycles. The summed E-state index contributed by atoms with van der Waals surface area (Å²) in [4.78, 5) is 16.2. The van der Waals surface area contributed by atoms with Crippen LogP contribution in [0.15, 0.2) is 0 Å². The highest BCUT2D eigenvalue weighted by atomic mass is 16.6. The number of nitrogens with zero attached hydrogens (tertiary/aromatic N) is 2. The molecule has 1 atom stereocenters. The second-order valence-electron chi connectivity index (χ2n) is 6.99. The summed E-state index contributed by atoms with van der Waals surface area (Å²) in [6.07, 6.45) is 3.58. The number of piperidine rings is 2. The Labute approximate surface area is 121 Å². The van der Waals surface area contributed by atoms with Gasteiger partial charge in [-0.05, 0) is 53.0 Å². The number of ether oxygens (including phenoxy) is 1. The average molecular weight is 284 g/mol. The van der Waals surface area contributed by atoms with E-state index in [1.807, 2.05) is 25.7 Å². The second-order valence-corrected chi connectivity index (χ2v) is 6.99. The van der Waals surface area contributed by atoms with Crippen LogP contribution in [0.4, 0.5) is 4.79 Å². The normalized spacial score (nSPS) is 26.6. The quantitative estimate of drug-likeness (QED) is 0.798. The molecular formula is C15H28N2O3. The Morgan fingerprint density at radius 1 is 1.15 bits per heavy atom. The molecule has 116 valence electrons. The van der Waals surface area contributed by atoms with E-state index < -0.39 is 5.60 Å². The maximum Gasteiger partial charge on any atom is 0.410 e. The number of hydrogen-bond acceptors (Lipinski definition) is 4. The molecule has 5 heteroatoms. The van der Waals surface area contributed by atoms with Gasteiger partial charge in [0.25, 0.3) is 0 Å². The van der Waals surface area contributed by atoms with Gasteiger partial charge < -0.3 is 14.7 Å². The Morgan fingerprint density at radius 2 is 1.80 bits per heavy atom. The molecule has 0 bridgehead atoms. The van der Waals surface area contributed by atoms with Crippen LogP contribution in [0, 0.1) is 0 Å². The topological polar surface area (TPSA) is 53.0 Å². The van der Waals surface area contributed by atoms with Gasteiger partial charge in [-0.15, -0.1) is 0 Å². The molecule has 2 saturated heterocycles. The van der Waals surface area contributed by atoms with Crippen molar-refractivity contribution in [3.05, 3.63) is 0 Å². The van der Waals surface area contributed by atoms with Crippen molar-refractivity contribution in [3.63, 3.8) is 0 Å². The summed E-state index contributed by atoms with van der Waals surface area (Å²) >= 11 is 0. The van der Waals surface area contributed by atoms with E-state index in [9.17, 15) is 9.90 Å². The van der Waals surface area contributed by atoms with Crippen LogP contribution in [0.2, 0.25) is 0 Å². The van der Waals surface area contributed by atoms with E-state index in [1.54, 1.807) is 0 Å². The van der Waals surface area contributed by atoms with Crippen molar-refractivity contribution in [1.29, 1.82) is 0 Å². The molecule has 5 nitrogen and oxygen atoms in total. The highest BCUT2D eigenvalue weighted by Gasteiger charge is 2.31. The SMILES string of the molecule is CC(C)(C)OC(=O)N1CCC(N2CCC[C@H](O)C2)CC1. The van der Waals surface area contributed by atoms with Gasteiger partial charge in [0.05, 0.1) is 6.10 Å². The smallest absolute Gasteiger partial charge is 0.410 e. The highest BCUT2D eigenvalue weighted by Crippen LogP contribution is 2.22. The lowest BCUT2D eigenvalue weighted by Gasteiger charge is -2.41. The Hall–Kier alpha value is -0.810. The first kappa shape index (κ1) is 15.6. The zero-order valence-electron chi connectivity index (χ0n) is 13.0. The van der Waals surface area contributed by atoms with Gasteiger partial charge in [-0.3, -0.25) is 4.90 Å². The van der Waals surface area contributed by atoms with Crippen molar-refractivity contribution in [3.8, 4) is 0 Å². The summed E-state index contributed by atoms with van der Waals surface area (Å²) in [5.41, 5.74) is -0.426. The van der Waals surface area contributed by atoms with Gasteiger partial charge in [-0.25, -0.2) is 4.79 Å². The molecule has 20 heavy (non-hydrogen) atoms. The maximum atomic E-state index is 12.0. The number of amides is 1. The van der Waals surface area contributed by atoms with Gasteiger partial charge in [-0.2, -0.15) is 0 Å². The molecule has 0 unspecified atom stereocenters. The van der Waals surface area contributed by atoms with Crippen molar-refractivity contribution >= 4 is 6.09 Å². The fourth-order valence-corrected chi connectivity index (χ4v) is 3.05. The average Bonchev–Trinajstić information content (AvgIpc) is 2.37. The Kier molecular flexibility index (Phi) is 4.91. The number of rotatable bonds is 1. The third-order valence-electron chi connectivity index (χ3n) is 4.06. The largest absolute Gasteiger partial charge is 0.444 e. The van der Waals surface area contributed by atoms with Crippen molar-refractivity contribution in [1.82, 2.24) is 9.80 Å². The maximum absolute atomic E-state index is 12.0. The minimum atomic E-state index is -0.426. The van der Waals surface area contributed by atoms with Gasteiger partial charge in [0.1, 0.15) is 5.60 Å². The van der Waals surface area contributed by atoms with Crippen molar-refractivity contribution in [2.45, 2.75) is 64.2 Å². The summed E-state index contributed by atoms with van der Waals surface area (Å²) < 4.78 is 5.41. The van der Waals surface area contributed by atoms with Crippen molar-refractivity contribution < 1.29 is 14.6 Å². The van der Waals surface area contributed by atoms with E-state index in [4.69, 9.17) is 4.74 Å². The van der Waals surface area contributed by atoms with Crippen LogP contribution in [0.1, 0.15) is 46.5 Å². The molecule has 2 fully saturated rings. The molecule has 0 radical (unpaired) electrons. The van der Waals surface area contributed by atoms with E-state index in [1.165, 1.54) is 0 Å². The Morgan fingerprint density at radius 3 is 2.35 bits per heavy atom. The molecule has 1 amide bonds. The third kappa shape index (κ3) is 4.35. The van der Waals surface area contributed by atoms with Crippen LogP contribution in [0.3, 0.4) is 0 Å². The standard InChI is InChI=1S/C15H28N2O3/c1-15(2,3)20-14(19)16-9-6-12(7-10-16)17-8-4-5-13(18)11-17/h12-13,18H,4-11H2,1-3H3/t13-/m0/s1. The van der Waals surface area contributed by atoms with E-state index >= 15 is 0 Å². The first-order valence-corrected chi connectivity index (χ1v) is 7.75. The van der Waals surface area contributed by atoms with Gasteiger partial charge in [0.15, 0.2) is 0 Å². The second kappa shape index (κ2) is 6.31. The monoisotopic (exact) mass is 284 g/mol. The Bertz CT molecular complexity index is 333. The van der Waals surface area contributed by atoms with Crippen molar-refractivity contribution in [2.24, 2.45) is 0 Å². The molecule has 0 aliphatic carbocycles. The zero-order chi connectivity index (χ0) is 14.8. The number of carbonyl (C=O) groups excluding carboxylic acids is 1. The first-order chi connectivity index (χ1) is 9.35. The minimum absolute atomic E-state index is 0.173. The molecule has 0 aromatic rings. The summed E-state index contributed by atoms with van der Waals surface area (Å²) in [5, 5.41) is 9.75. The van der Waals surface area contributed by atoms with Crippen LogP contribution in [0.25, 0.3) is 0 Å². The molecule has 2 aliphatic rings. The van der Waals surface area contributed by atoms with Crippen LogP contribution < -0.4 is 0 Å². The van der Waals surface area contributed by atoms with Gasteiger partial charge in [0, 0.05) is 25.7 Å². The van der Waals surface area contributed by atoms with E-state index in [0.29, 0.717) is 6.04 Å². The molecule has 0 saturated carbocycles. The number of aliphatic hydroxyl groups is 1. The number of hydrogen-bond donors (Lipinski definition) is 1. The lowest BCUT2D eigenvalue weighted by Crippen LogP contribution is -2.51. The first-order valence-electron chi connectivity index (χ1n) is 7.75. The molecule has 2 heterocycles. The fraction of sp³-hybridized carbons (Fsp3) is 0.933. The van der Waals surface area contributed by atoms with E-state index in [2.05, 4.69) is 4.90 Å². The lowest BCUT2D eigenvalue weighted by atomic mass is 9.99. The molecule has 0 spiro atoms. The third-order valence-corrected chi connectivity index (χ3v) is 4.06. The lowest BCUT2D eigenvalue weighted by molar-refractivity contribution is 0.00254. The molecule has 2 rings (SSSR count). The van der Waals surface area contributed by atoms with Gasteiger partial charge in [-0.1, -0.05) is 0 Å². The van der Waals surface area contributed by atoms with Crippen LogP contribution in [0.5, 0.6) is 0 Å². The van der Waals surface area contributed by atoms with Crippen LogP contribution in [-0.4, -0.2) is 64.9 Å². The number of likely N-dealkylation sites (tertiary alicyclic amines) is 2. The zero-order valence-corrected chi connectivity index (χ0v) is 13.0. The molecule has 2 aliphatic heterocycles. The van der Waals surface area contributed by atoms with Gasteiger partial charge in [0.2, 0.25) is 0 Å². The van der Waals surface area contributed by atoms with Gasteiger partial charge >= 0.3 is 6.09 Å². The minimum Gasteiger partial charge on any atom is -0.444 e. The molecular weight excluding hydrogens is 256 g/mol. The van der Waals surface area contributed by atoms with E-state index in [0.717, 1.165) is 51.9 Å². The number of β-amino-alcohol motifs (C(OH)–C–C–N with tert-alkyl or cyclic N) is 1. The van der Waals surface area contributed by atoms with Crippen LogP contribution in [-0.2, 0) is 4.74 Å². The Balaban J connectivity index is 1.78. The molecule has 1 N–H and O–H groups in total. The number of carbonyl (C=O) groups is 1. The summed E-state index contributed by atoms with van der Waals surface area (Å²) in [5.74, 6) is 0. The summed E-state index contributed by atoms with van der Waals surface area (Å²) in [7, 11) is 0. The predicted molar refractivity (Wildman–Crippen MR) is 77.6 cm³/mol. The number of aliphatic hydroxyl groups excluding tert-OH is 1. The van der Waals surface area contributed by atoms with E-state index in [-0.39, 0.29) is 12.2 Å². The molecule has 0 aromatic carbocycles. The highest BCUT2D eigenvalue weighted by molar-refractivity contribution is 5.68. The predicted octanol–water partition coefficient (Wildman–Crippen LogP) is 1.84. The summed E-state index contributed by atoms with van der Waals surface area (Å²) in [6.45, 7) is 9.07. The van der Waals surface area contributed by atoms with Crippen LogP contribution >= 0.6 is 0 Å².